The third-order valence-corrected chi connectivity index (χ3v) is 2.62. The van der Waals surface area contributed by atoms with Crippen LogP contribution in [0.3, 0.4) is 0 Å². The SMILES string of the molecule is CCOc1c(CCCN(C)C)cccc1OC. The molecule has 3 nitrogen and oxygen atoms in total. The van der Waals surface area contributed by atoms with Crippen molar-refractivity contribution in [3.63, 3.8) is 0 Å². The molecule has 0 amide bonds. The molecule has 0 aliphatic carbocycles. The van der Waals surface area contributed by atoms with Gasteiger partial charge in [-0.15, -0.1) is 0 Å². The summed E-state index contributed by atoms with van der Waals surface area (Å²) in [5.74, 6) is 1.73. The topological polar surface area (TPSA) is 21.7 Å². The lowest BCUT2D eigenvalue weighted by atomic mass is 10.1. The zero-order valence-electron chi connectivity index (χ0n) is 11.3. The fourth-order valence-corrected chi connectivity index (χ4v) is 1.81. The highest BCUT2D eigenvalue weighted by Gasteiger charge is 2.09. The van der Waals surface area contributed by atoms with Crippen molar-refractivity contribution in [1.29, 1.82) is 0 Å². The van der Waals surface area contributed by atoms with Gasteiger partial charge in [-0.1, -0.05) is 12.1 Å². The molecule has 1 aromatic carbocycles. The predicted octanol–water partition coefficient (Wildman–Crippen LogP) is 2.59. The summed E-state index contributed by atoms with van der Waals surface area (Å²) >= 11 is 0. The summed E-state index contributed by atoms with van der Waals surface area (Å²) in [5.41, 5.74) is 1.23. The molecule has 0 spiro atoms. The number of methoxy groups -OCH3 is 1. The number of ether oxygens (including phenoxy) is 2. The van der Waals surface area contributed by atoms with Gasteiger partial charge in [0.2, 0.25) is 0 Å². The molecule has 0 aliphatic rings. The van der Waals surface area contributed by atoms with Gasteiger partial charge in [-0.2, -0.15) is 0 Å². The van der Waals surface area contributed by atoms with Crippen LogP contribution in [0.25, 0.3) is 0 Å². The first-order valence-corrected chi connectivity index (χ1v) is 6.12. The molecule has 0 bridgehead atoms. The molecular formula is C14H23NO2. The normalized spacial score (nSPS) is 10.6. The van der Waals surface area contributed by atoms with E-state index < -0.39 is 0 Å². The number of rotatable bonds is 7. The number of hydrogen-bond donors (Lipinski definition) is 0. The quantitative estimate of drug-likeness (QED) is 0.727. The van der Waals surface area contributed by atoms with Gasteiger partial charge in [-0.3, -0.25) is 0 Å². The first kappa shape index (κ1) is 13.8. The predicted molar refractivity (Wildman–Crippen MR) is 71.0 cm³/mol. The Balaban J connectivity index is 2.75. The Hall–Kier alpha value is -1.22. The van der Waals surface area contributed by atoms with Gasteiger partial charge in [-0.25, -0.2) is 0 Å². The van der Waals surface area contributed by atoms with Crippen molar-refractivity contribution in [1.82, 2.24) is 4.90 Å². The Labute approximate surface area is 104 Å². The van der Waals surface area contributed by atoms with Crippen molar-refractivity contribution in [2.45, 2.75) is 19.8 Å². The van der Waals surface area contributed by atoms with Crippen molar-refractivity contribution in [2.75, 3.05) is 34.4 Å². The zero-order chi connectivity index (χ0) is 12.7. The number of para-hydroxylation sites is 1. The molecule has 96 valence electrons. The molecule has 17 heavy (non-hydrogen) atoms. The number of hydrogen-bond acceptors (Lipinski definition) is 3. The molecule has 0 saturated carbocycles. The standard InChI is InChI=1S/C14H23NO2/c1-5-17-14-12(9-7-11-15(2)3)8-6-10-13(14)16-4/h6,8,10H,5,7,9,11H2,1-4H3. The third-order valence-electron chi connectivity index (χ3n) is 2.62. The molecule has 0 radical (unpaired) electrons. The lowest BCUT2D eigenvalue weighted by Gasteiger charge is -2.15. The highest BCUT2D eigenvalue weighted by Crippen LogP contribution is 2.31. The van der Waals surface area contributed by atoms with E-state index in [1.807, 2.05) is 19.1 Å². The van der Waals surface area contributed by atoms with Gasteiger partial charge in [0.25, 0.3) is 0 Å². The molecule has 3 heteroatoms. The molecular weight excluding hydrogens is 214 g/mol. The molecule has 0 fully saturated rings. The molecule has 1 rings (SSSR count). The first-order chi connectivity index (χ1) is 8.19. The number of nitrogens with zero attached hydrogens (tertiary/aromatic N) is 1. The van der Waals surface area contributed by atoms with Crippen LogP contribution in [-0.4, -0.2) is 39.3 Å². The van der Waals surface area contributed by atoms with Crippen molar-refractivity contribution >= 4 is 0 Å². The molecule has 0 saturated heterocycles. The summed E-state index contributed by atoms with van der Waals surface area (Å²) in [5, 5.41) is 0. The number of benzene rings is 1. The summed E-state index contributed by atoms with van der Waals surface area (Å²) in [6.07, 6.45) is 2.14. The van der Waals surface area contributed by atoms with E-state index in [1.165, 1.54) is 5.56 Å². The van der Waals surface area contributed by atoms with Gasteiger partial charge in [-0.05, 0) is 52.0 Å². The van der Waals surface area contributed by atoms with E-state index in [-0.39, 0.29) is 0 Å². The zero-order valence-corrected chi connectivity index (χ0v) is 11.3. The summed E-state index contributed by atoms with van der Waals surface area (Å²) in [7, 11) is 5.87. The average Bonchev–Trinajstić information content (AvgIpc) is 2.30. The summed E-state index contributed by atoms with van der Waals surface area (Å²) in [4.78, 5) is 2.19. The summed E-state index contributed by atoms with van der Waals surface area (Å²) in [6.45, 7) is 3.75. The molecule has 0 aromatic heterocycles. The fourth-order valence-electron chi connectivity index (χ4n) is 1.81. The second-order valence-corrected chi connectivity index (χ2v) is 4.29. The number of aryl methyl sites for hydroxylation is 1. The Kier molecular flexibility index (Phi) is 5.84. The molecule has 0 heterocycles. The van der Waals surface area contributed by atoms with Crippen molar-refractivity contribution < 1.29 is 9.47 Å². The van der Waals surface area contributed by atoms with Crippen LogP contribution in [0.15, 0.2) is 18.2 Å². The highest BCUT2D eigenvalue weighted by atomic mass is 16.5. The lowest BCUT2D eigenvalue weighted by Crippen LogP contribution is -2.13. The molecule has 0 N–H and O–H groups in total. The van der Waals surface area contributed by atoms with Crippen molar-refractivity contribution in [3.05, 3.63) is 23.8 Å². The van der Waals surface area contributed by atoms with Crippen LogP contribution in [0.1, 0.15) is 18.9 Å². The van der Waals surface area contributed by atoms with Gasteiger partial charge in [0.1, 0.15) is 0 Å². The minimum atomic E-state index is 0.668. The van der Waals surface area contributed by atoms with Gasteiger partial charge >= 0.3 is 0 Å². The molecule has 0 atom stereocenters. The molecule has 1 aromatic rings. The van der Waals surface area contributed by atoms with Crippen LogP contribution in [0.5, 0.6) is 11.5 Å². The highest BCUT2D eigenvalue weighted by molar-refractivity contribution is 5.46. The van der Waals surface area contributed by atoms with E-state index in [9.17, 15) is 0 Å². The van der Waals surface area contributed by atoms with E-state index in [2.05, 4.69) is 25.1 Å². The van der Waals surface area contributed by atoms with E-state index in [0.29, 0.717) is 6.61 Å². The third kappa shape index (κ3) is 4.27. The van der Waals surface area contributed by atoms with E-state index >= 15 is 0 Å². The van der Waals surface area contributed by atoms with Gasteiger partial charge in [0.15, 0.2) is 11.5 Å². The Bertz CT molecular complexity index is 337. The molecule has 0 aliphatic heterocycles. The second kappa shape index (κ2) is 7.17. The van der Waals surface area contributed by atoms with E-state index in [0.717, 1.165) is 30.9 Å². The van der Waals surface area contributed by atoms with E-state index in [1.54, 1.807) is 7.11 Å². The first-order valence-electron chi connectivity index (χ1n) is 6.12. The minimum absolute atomic E-state index is 0.668. The maximum absolute atomic E-state index is 5.68. The van der Waals surface area contributed by atoms with Crippen LogP contribution in [0.4, 0.5) is 0 Å². The minimum Gasteiger partial charge on any atom is -0.493 e. The van der Waals surface area contributed by atoms with Crippen molar-refractivity contribution in [2.24, 2.45) is 0 Å². The van der Waals surface area contributed by atoms with Gasteiger partial charge in [0.05, 0.1) is 13.7 Å². The Morgan fingerprint density at radius 3 is 2.59 bits per heavy atom. The Morgan fingerprint density at radius 1 is 1.24 bits per heavy atom. The largest absolute Gasteiger partial charge is 0.493 e. The summed E-state index contributed by atoms with van der Waals surface area (Å²) < 4.78 is 11.0. The maximum Gasteiger partial charge on any atom is 0.164 e. The van der Waals surface area contributed by atoms with Gasteiger partial charge in [0, 0.05) is 0 Å². The summed E-state index contributed by atoms with van der Waals surface area (Å²) in [6, 6.07) is 6.08. The fraction of sp³-hybridized carbons (Fsp3) is 0.571. The van der Waals surface area contributed by atoms with Crippen LogP contribution < -0.4 is 9.47 Å². The van der Waals surface area contributed by atoms with Crippen molar-refractivity contribution in [3.8, 4) is 11.5 Å². The van der Waals surface area contributed by atoms with Crippen LogP contribution >= 0.6 is 0 Å². The Morgan fingerprint density at radius 2 is 2.00 bits per heavy atom. The average molecular weight is 237 g/mol. The lowest BCUT2D eigenvalue weighted by molar-refractivity contribution is 0.306. The monoisotopic (exact) mass is 237 g/mol. The van der Waals surface area contributed by atoms with Crippen LogP contribution in [0.2, 0.25) is 0 Å². The maximum atomic E-state index is 5.68. The molecule has 0 unspecified atom stereocenters. The smallest absolute Gasteiger partial charge is 0.164 e. The second-order valence-electron chi connectivity index (χ2n) is 4.29. The van der Waals surface area contributed by atoms with Crippen LogP contribution in [-0.2, 0) is 6.42 Å². The van der Waals surface area contributed by atoms with Crippen LogP contribution in [0, 0.1) is 0 Å². The van der Waals surface area contributed by atoms with Gasteiger partial charge < -0.3 is 14.4 Å². The van der Waals surface area contributed by atoms with E-state index in [4.69, 9.17) is 9.47 Å².